The highest BCUT2D eigenvalue weighted by molar-refractivity contribution is 8.04. The van der Waals surface area contributed by atoms with E-state index in [1.807, 2.05) is 6.92 Å². The molecule has 0 spiro atoms. The minimum absolute atomic E-state index is 0.0682. The molecule has 0 aliphatic heterocycles. The molecule has 0 saturated carbocycles. The van der Waals surface area contributed by atoms with E-state index in [2.05, 4.69) is 0 Å². The maximum atomic E-state index is 12.2. The van der Waals surface area contributed by atoms with Crippen molar-refractivity contribution in [1.82, 2.24) is 4.31 Å². The van der Waals surface area contributed by atoms with Crippen molar-refractivity contribution < 1.29 is 23.1 Å². The second kappa shape index (κ2) is 8.05. The van der Waals surface area contributed by atoms with Crippen molar-refractivity contribution >= 4 is 21.1 Å². The predicted molar refractivity (Wildman–Crippen MR) is 83.2 cm³/mol. The van der Waals surface area contributed by atoms with E-state index in [0.717, 1.165) is 9.87 Å². The molecule has 6 nitrogen and oxygen atoms in total. The number of hydrogen-bond acceptors (Lipinski definition) is 4. The summed E-state index contributed by atoms with van der Waals surface area (Å²) in [5.74, 6) is -0.865. The number of carbonyl (C=O) groups is 2. The van der Waals surface area contributed by atoms with Crippen molar-refractivity contribution in [2.45, 2.75) is 32.6 Å². The zero-order chi connectivity index (χ0) is 16.8. The fraction of sp³-hybridized carbons (Fsp3) is 0.467. The highest BCUT2D eigenvalue weighted by Crippen LogP contribution is 2.12. The van der Waals surface area contributed by atoms with Crippen LogP contribution < -0.4 is 0 Å². The van der Waals surface area contributed by atoms with Gasteiger partial charge in [0.2, 0.25) is 0 Å². The Morgan fingerprint density at radius 1 is 1.09 bits per heavy atom. The lowest BCUT2D eigenvalue weighted by Crippen LogP contribution is -2.33. The summed E-state index contributed by atoms with van der Waals surface area (Å²) in [5.41, 5.74) is 1.09. The van der Waals surface area contributed by atoms with Crippen molar-refractivity contribution in [3.8, 4) is 0 Å². The molecule has 0 heterocycles. The van der Waals surface area contributed by atoms with E-state index in [0.29, 0.717) is 19.3 Å². The third-order valence-electron chi connectivity index (χ3n) is 3.30. The van der Waals surface area contributed by atoms with Gasteiger partial charge in [-0.05, 0) is 31.9 Å². The lowest BCUT2D eigenvalue weighted by Gasteiger charge is -2.15. The second-order valence-electron chi connectivity index (χ2n) is 5.18. The molecule has 0 aromatic heterocycles. The molecule has 1 N–H and O–H groups in total. The van der Waals surface area contributed by atoms with E-state index in [-0.39, 0.29) is 18.5 Å². The van der Waals surface area contributed by atoms with Gasteiger partial charge in [-0.1, -0.05) is 24.1 Å². The molecular formula is C15H21NO5S. The Bertz CT molecular complexity index is 622. The second-order valence-corrected chi connectivity index (χ2v) is 7.13. The Morgan fingerprint density at radius 2 is 1.68 bits per heavy atom. The molecule has 122 valence electrons. The Labute approximate surface area is 130 Å². The molecular weight excluding hydrogens is 306 g/mol. The summed E-state index contributed by atoms with van der Waals surface area (Å²) in [6, 6.07) is 6.37. The van der Waals surface area contributed by atoms with Gasteiger partial charge in [-0.15, -0.1) is 0 Å². The van der Waals surface area contributed by atoms with Crippen LogP contribution in [0.1, 0.15) is 41.6 Å². The fourth-order valence-corrected chi connectivity index (χ4v) is 2.97. The largest absolute Gasteiger partial charge is 0.481 e. The van der Waals surface area contributed by atoms with Gasteiger partial charge in [-0.2, -0.15) is 4.31 Å². The number of nitrogens with zero attached hydrogens (tertiary/aromatic N) is 1. The van der Waals surface area contributed by atoms with E-state index in [4.69, 9.17) is 5.11 Å². The van der Waals surface area contributed by atoms with E-state index in [1.54, 1.807) is 12.1 Å². The highest BCUT2D eigenvalue weighted by Gasteiger charge is 2.28. The normalized spacial score (nSPS) is 11.6. The molecule has 1 aromatic carbocycles. The quantitative estimate of drug-likeness (QED) is 0.738. The van der Waals surface area contributed by atoms with Gasteiger partial charge in [0.1, 0.15) is 0 Å². The van der Waals surface area contributed by atoms with Crippen LogP contribution >= 0.6 is 0 Å². The smallest absolute Gasteiger partial charge is 0.303 e. The van der Waals surface area contributed by atoms with Gasteiger partial charge >= 0.3 is 5.97 Å². The zero-order valence-corrected chi connectivity index (χ0v) is 13.6. The molecule has 0 radical (unpaired) electrons. The number of unbranched alkanes of at least 4 members (excludes halogenated alkanes) is 2. The number of carboxylic acid groups (broad SMARTS) is 1. The van der Waals surface area contributed by atoms with Crippen molar-refractivity contribution in [2.75, 3.05) is 13.6 Å². The molecule has 0 atom stereocenters. The van der Waals surface area contributed by atoms with Crippen molar-refractivity contribution in [1.29, 1.82) is 0 Å². The minimum Gasteiger partial charge on any atom is -0.481 e. The van der Waals surface area contributed by atoms with Crippen molar-refractivity contribution in [3.63, 3.8) is 0 Å². The third kappa shape index (κ3) is 5.23. The van der Waals surface area contributed by atoms with Gasteiger partial charge in [-0.25, -0.2) is 8.42 Å². The van der Waals surface area contributed by atoms with Crippen LogP contribution in [0.4, 0.5) is 0 Å². The summed E-state index contributed by atoms with van der Waals surface area (Å²) >= 11 is 0. The topological polar surface area (TPSA) is 91.8 Å². The predicted octanol–water partition coefficient (Wildman–Crippen LogP) is 2.04. The van der Waals surface area contributed by atoms with E-state index in [9.17, 15) is 18.0 Å². The summed E-state index contributed by atoms with van der Waals surface area (Å²) in [4.78, 5) is 22.5. The van der Waals surface area contributed by atoms with Crippen LogP contribution in [-0.4, -0.2) is 42.5 Å². The maximum absolute atomic E-state index is 12.2. The lowest BCUT2D eigenvalue weighted by atomic mass is 10.2. The molecule has 0 unspecified atom stereocenters. The van der Waals surface area contributed by atoms with Crippen LogP contribution in [0.25, 0.3) is 0 Å². The van der Waals surface area contributed by atoms with Gasteiger partial charge in [0.25, 0.3) is 15.1 Å². The first-order chi connectivity index (χ1) is 10.2. The molecule has 0 bridgehead atoms. The van der Waals surface area contributed by atoms with Crippen LogP contribution in [0.3, 0.4) is 0 Å². The van der Waals surface area contributed by atoms with Crippen LogP contribution in [0.2, 0.25) is 0 Å². The Balaban J connectivity index is 2.59. The fourth-order valence-electron chi connectivity index (χ4n) is 1.89. The summed E-state index contributed by atoms with van der Waals surface area (Å²) < 4.78 is 25.4. The average molecular weight is 327 g/mol. The van der Waals surface area contributed by atoms with Gasteiger partial charge in [0.15, 0.2) is 0 Å². The first kappa shape index (κ1) is 18.3. The monoisotopic (exact) mass is 327 g/mol. The van der Waals surface area contributed by atoms with Crippen LogP contribution in [0.5, 0.6) is 0 Å². The number of hydrogen-bond donors (Lipinski definition) is 1. The summed E-state index contributed by atoms with van der Waals surface area (Å²) in [6.07, 6.45) is 1.68. The van der Waals surface area contributed by atoms with E-state index in [1.165, 1.54) is 19.2 Å². The summed E-state index contributed by atoms with van der Waals surface area (Å²) in [7, 11) is -2.67. The van der Waals surface area contributed by atoms with E-state index < -0.39 is 21.1 Å². The van der Waals surface area contributed by atoms with Crippen LogP contribution in [-0.2, 0) is 14.8 Å². The van der Waals surface area contributed by atoms with E-state index >= 15 is 0 Å². The van der Waals surface area contributed by atoms with Gasteiger partial charge in [0, 0.05) is 25.6 Å². The van der Waals surface area contributed by atoms with Gasteiger partial charge in [0.05, 0.1) is 0 Å². The van der Waals surface area contributed by atoms with Gasteiger partial charge in [-0.3, -0.25) is 9.59 Å². The molecule has 0 fully saturated rings. The summed E-state index contributed by atoms with van der Waals surface area (Å²) in [6.45, 7) is 2.05. The lowest BCUT2D eigenvalue weighted by molar-refractivity contribution is -0.137. The van der Waals surface area contributed by atoms with Crippen molar-refractivity contribution in [3.05, 3.63) is 35.4 Å². The highest BCUT2D eigenvalue weighted by atomic mass is 32.2. The Kier molecular flexibility index (Phi) is 6.70. The SMILES string of the molecule is Cc1ccc(C(=O)S(=O)(=O)N(C)CCCCCC(=O)O)cc1. The molecule has 1 rings (SSSR count). The number of aryl methyl sites for hydroxylation is 1. The number of aliphatic carboxylic acids is 1. The average Bonchev–Trinajstić information content (AvgIpc) is 2.46. The molecule has 1 aromatic rings. The first-order valence-corrected chi connectivity index (χ1v) is 8.48. The van der Waals surface area contributed by atoms with Crippen molar-refractivity contribution in [2.24, 2.45) is 0 Å². The first-order valence-electron chi connectivity index (χ1n) is 7.04. The molecule has 0 aliphatic carbocycles. The Morgan fingerprint density at radius 3 is 2.23 bits per heavy atom. The molecule has 0 aliphatic rings. The maximum Gasteiger partial charge on any atom is 0.303 e. The van der Waals surface area contributed by atoms with Crippen LogP contribution in [0.15, 0.2) is 24.3 Å². The number of rotatable bonds is 8. The number of benzene rings is 1. The Hall–Kier alpha value is -1.73. The standard InChI is InChI=1S/C15H21NO5S/c1-12-7-9-13(10-8-12)15(19)22(20,21)16(2)11-5-3-4-6-14(17)18/h7-10H,3-6,11H2,1-2H3,(H,17,18). The molecule has 0 amide bonds. The van der Waals surface area contributed by atoms with Crippen LogP contribution in [0, 0.1) is 6.92 Å². The molecule has 0 saturated heterocycles. The molecule has 22 heavy (non-hydrogen) atoms. The number of sulfonamides is 1. The minimum atomic E-state index is -4.03. The molecule has 7 heteroatoms. The number of carboxylic acids is 1. The number of carbonyl (C=O) groups excluding carboxylic acids is 1. The van der Waals surface area contributed by atoms with Gasteiger partial charge < -0.3 is 5.11 Å². The summed E-state index contributed by atoms with van der Waals surface area (Å²) in [5, 5.41) is 7.60. The zero-order valence-electron chi connectivity index (χ0n) is 12.8. The third-order valence-corrected chi connectivity index (χ3v) is 5.00.